The molecule has 1 saturated carbocycles. The molecule has 0 atom stereocenters. The Balaban J connectivity index is 1.74. The van der Waals surface area contributed by atoms with Crippen molar-refractivity contribution in [3.8, 4) is 5.88 Å². The van der Waals surface area contributed by atoms with Gasteiger partial charge in [0.05, 0.1) is 6.61 Å². The van der Waals surface area contributed by atoms with Gasteiger partial charge in [-0.05, 0) is 31.4 Å². The molecule has 0 aromatic carbocycles. The monoisotopic (exact) mass is 236 g/mol. The predicted octanol–water partition coefficient (Wildman–Crippen LogP) is 1.75. The van der Waals surface area contributed by atoms with E-state index in [-0.39, 0.29) is 0 Å². The van der Waals surface area contributed by atoms with Gasteiger partial charge in [0.15, 0.2) is 0 Å². The van der Waals surface area contributed by atoms with Gasteiger partial charge in [-0.15, -0.1) is 0 Å². The Bertz CT molecular complexity index is 340. The smallest absolute Gasteiger partial charge is 0.213 e. The quantitative estimate of drug-likeness (QED) is 0.698. The van der Waals surface area contributed by atoms with Crippen LogP contribution < -0.4 is 10.1 Å². The SMILES string of the molecule is CCOCCOc1cc(CNC2CC2)ccn1. The van der Waals surface area contributed by atoms with Crippen molar-refractivity contribution in [2.75, 3.05) is 19.8 Å². The van der Waals surface area contributed by atoms with Crippen LogP contribution in [0.4, 0.5) is 0 Å². The molecule has 0 saturated heterocycles. The fourth-order valence-corrected chi connectivity index (χ4v) is 1.54. The molecule has 94 valence electrons. The van der Waals surface area contributed by atoms with E-state index in [1.54, 1.807) is 6.20 Å². The first-order valence-corrected chi connectivity index (χ1v) is 6.27. The van der Waals surface area contributed by atoms with Crippen LogP contribution in [-0.4, -0.2) is 30.8 Å². The number of hydrogen-bond donors (Lipinski definition) is 1. The highest BCUT2D eigenvalue weighted by Gasteiger charge is 2.19. The number of ether oxygens (including phenoxy) is 2. The normalized spacial score (nSPS) is 14.9. The highest BCUT2D eigenvalue weighted by molar-refractivity contribution is 5.20. The van der Waals surface area contributed by atoms with Crippen molar-refractivity contribution < 1.29 is 9.47 Å². The molecule has 0 spiro atoms. The third-order valence-electron chi connectivity index (χ3n) is 2.65. The zero-order valence-electron chi connectivity index (χ0n) is 10.3. The maximum atomic E-state index is 5.51. The Morgan fingerprint density at radius 1 is 1.41 bits per heavy atom. The van der Waals surface area contributed by atoms with E-state index in [9.17, 15) is 0 Å². The van der Waals surface area contributed by atoms with E-state index in [1.165, 1.54) is 18.4 Å². The summed E-state index contributed by atoms with van der Waals surface area (Å²) >= 11 is 0. The third-order valence-corrected chi connectivity index (χ3v) is 2.65. The molecule has 1 heterocycles. The van der Waals surface area contributed by atoms with Crippen LogP contribution in [0.25, 0.3) is 0 Å². The molecule has 4 heteroatoms. The number of nitrogens with one attached hydrogen (secondary N) is 1. The molecule has 1 fully saturated rings. The summed E-state index contributed by atoms with van der Waals surface area (Å²) in [5, 5.41) is 3.47. The molecule has 1 aliphatic carbocycles. The molecule has 0 aliphatic heterocycles. The van der Waals surface area contributed by atoms with E-state index in [2.05, 4.69) is 10.3 Å². The molecular weight excluding hydrogens is 216 g/mol. The van der Waals surface area contributed by atoms with Crippen molar-refractivity contribution >= 4 is 0 Å². The highest BCUT2D eigenvalue weighted by atomic mass is 16.5. The summed E-state index contributed by atoms with van der Waals surface area (Å²) in [7, 11) is 0. The minimum Gasteiger partial charge on any atom is -0.475 e. The lowest BCUT2D eigenvalue weighted by molar-refractivity contribution is 0.108. The van der Waals surface area contributed by atoms with Gasteiger partial charge >= 0.3 is 0 Å². The lowest BCUT2D eigenvalue weighted by Crippen LogP contribution is -2.15. The molecule has 0 unspecified atom stereocenters. The third kappa shape index (κ3) is 4.71. The summed E-state index contributed by atoms with van der Waals surface area (Å²) in [6, 6.07) is 4.73. The van der Waals surface area contributed by atoms with Gasteiger partial charge in [0.2, 0.25) is 5.88 Å². The molecular formula is C13H20N2O2. The minimum atomic E-state index is 0.556. The summed E-state index contributed by atoms with van der Waals surface area (Å²) in [5.41, 5.74) is 1.22. The van der Waals surface area contributed by atoms with Crippen LogP contribution in [-0.2, 0) is 11.3 Å². The van der Waals surface area contributed by atoms with E-state index in [0.717, 1.165) is 19.2 Å². The second-order valence-electron chi connectivity index (χ2n) is 4.20. The van der Waals surface area contributed by atoms with Gasteiger partial charge in [0, 0.05) is 31.5 Å². The zero-order chi connectivity index (χ0) is 11.9. The zero-order valence-corrected chi connectivity index (χ0v) is 10.3. The molecule has 0 bridgehead atoms. The summed E-state index contributed by atoms with van der Waals surface area (Å²) in [6.45, 7) is 4.77. The van der Waals surface area contributed by atoms with E-state index < -0.39 is 0 Å². The topological polar surface area (TPSA) is 43.4 Å². The minimum absolute atomic E-state index is 0.556. The molecule has 0 amide bonds. The molecule has 1 N–H and O–H groups in total. The van der Waals surface area contributed by atoms with Gasteiger partial charge < -0.3 is 14.8 Å². The van der Waals surface area contributed by atoms with E-state index in [1.807, 2.05) is 19.1 Å². The molecule has 17 heavy (non-hydrogen) atoms. The Morgan fingerprint density at radius 2 is 2.29 bits per heavy atom. The van der Waals surface area contributed by atoms with Crippen LogP contribution in [0.3, 0.4) is 0 Å². The largest absolute Gasteiger partial charge is 0.475 e. The molecule has 4 nitrogen and oxygen atoms in total. The van der Waals surface area contributed by atoms with Gasteiger partial charge in [-0.1, -0.05) is 0 Å². The summed E-state index contributed by atoms with van der Waals surface area (Å²) in [6.07, 6.45) is 4.41. The standard InChI is InChI=1S/C13H20N2O2/c1-2-16-7-8-17-13-9-11(5-6-14-13)10-15-12-3-4-12/h5-6,9,12,15H,2-4,7-8,10H2,1H3. The number of nitrogens with zero attached hydrogens (tertiary/aromatic N) is 1. The molecule has 1 aromatic heterocycles. The van der Waals surface area contributed by atoms with Crippen LogP contribution in [0.15, 0.2) is 18.3 Å². The first kappa shape index (κ1) is 12.3. The second kappa shape index (κ2) is 6.57. The van der Waals surface area contributed by atoms with E-state index >= 15 is 0 Å². The van der Waals surface area contributed by atoms with Crippen molar-refractivity contribution in [2.24, 2.45) is 0 Å². The Morgan fingerprint density at radius 3 is 3.06 bits per heavy atom. The summed E-state index contributed by atoms with van der Waals surface area (Å²) < 4.78 is 10.7. The van der Waals surface area contributed by atoms with Crippen LogP contribution in [0, 0.1) is 0 Å². The van der Waals surface area contributed by atoms with Gasteiger partial charge in [-0.2, -0.15) is 0 Å². The van der Waals surface area contributed by atoms with Gasteiger partial charge in [0.1, 0.15) is 6.61 Å². The first-order valence-electron chi connectivity index (χ1n) is 6.27. The fraction of sp³-hybridized carbons (Fsp3) is 0.615. The van der Waals surface area contributed by atoms with Crippen LogP contribution >= 0.6 is 0 Å². The fourth-order valence-electron chi connectivity index (χ4n) is 1.54. The van der Waals surface area contributed by atoms with Crippen molar-refractivity contribution in [1.29, 1.82) is 0 Å². The highest BCUT2D eigenvalue weighted by Crippen LogP contribution is 2.19. The molecule has 1 aliphatic rings. The van der Waals surface area contributed by atoms with Crippen LogP contribution in [0.1, 0.15) is 25.3 Å². The lowest BCUT2D eigenvalue weighted by atomic mass is 10.2. The number of pyridine rings is 1. The van der Waals surface area contributed by atoms with E-state index in [4.69, 9.17) is 9.47 Å². The van der Waals surface area contributed by atoms with E-state index in [0.29, 0.717) is 19.1 Å². The van der Waals surface area contributed by atoms with Gasteiger partial charge in [-0.3, -0.25) is 0 Å². The van der Waals surface area contributed by atoms with Crippen molar-refractivity contribution in [3.05, 3.63) is 23.9 Å². The van der Waals surface area contributed by atoms with Crippen molar-refractivity contribution in [2.45, 2.75) is 32.4 Å². The van der Waals surface area contributed by atoms with Gasteiger partial charge in [-0.25, -0.2) is 4.98 Å². The maximum absolute atomic E-state index is 5.51. The van der Waals surface area contributed by atoms with Crippen molar-refractivity contribution in [3.63, 3.8) is 0 Å². The Labute approximate surface area is 102 Å². The Hall–Kier alpha value is -1.13. The average molecular weight is 236 g/mol. The van der Waals surface area contributed by atoms with Crippen LogP contribution in [0.2, 0.25) is 0 Å². The molecule has 2 rings (SSSR count). The molecule has 0 radical (unpaired) electrons. The Kier molecular flexibility index (Phi) is 4.76. The number of rotatable bonds is 8. The predicted molar refractivity (Wildman–Crippen MR) is 66.1 cm³/mol. The van der Waals surface area contributed by atoms with Crippen LogP contribution in [0.5, 0.6) is 5.88 Å². The molecule has 1 aromatic rings. The van der Waals surface area contributed by atoms with Crippen molar-refractivity contribution in [1.82, 2.24) is 10.3 Å². The second-order valence-corrected chi connectivity index (χ2v) is 4.20. The number of hydrogen-bond acceptors (Lipinski definition) is 4. The summed E-state index contributed by atoms with van der Waals surface area (Å²) in [4.78, 5) is 4.17. The maximum Gasteiger partial charge on any atom is 0.213 e. The first-order chi connectivity index (χ1) is 8.38. The van der Waals surface area contributed by atoms with Gasteiger partial charge in [0.25, 0.3) is 0 Å². The number of aromatic nitrogens is 1. The summed E-state index contributed by atoms with van der Waals surface area (Å²) in [5.74, 6) is 0.680. The lowest BCUT2D eigenvalue weighted by Gasteiger charge is -2.07. The average Bonchev–Trinajstić information content (AvgIpc) is 3.17.